The lowest BCUT2D eigenvalue weighted by Crippen LogP contribution is -2.33. The van der Waals surface area contributed by atoms with Crippen LogP contribution in [0.3, 0.4) is 0 Å². The molecule has 0 radical (unpaired) electrons. The molecule has 1 unspecified atom stereocenters. The van der Waals surface area contributed by atoms with Crippen molar-refractivity contribution in [2.45, 2.75) is 43.5 Å². The Morgan fingerprint density at radius 1 is 1.23 bits per heavy atom. The number of nitrogens with zero attached hydrogens (tertiary/aromatic N) is 2. The van der Waals surface area contributed by atoms with Gasteiger partial charge >= 0.3 is 6.18 Å². The van der Waals surface area contributed by atoms with Crippen LogP contribution in [-0.2, 0) is 6.18 Å². The van der Waals surface area contributed by atoms with Gasteiger partial charge in [0, 0.05) is 22.4 Å². The largest absolute Gasteiger partial charge is 0.416 e. The predicted molar refractivity (Wildman–Crippen MR) is 96.8 cm³/mol. The van der Waals surface area contributed by atoms with Gasteiger partial charge in [-0.05, 0) is 50.6 Å². The first-order chi connectivity index (χ1) is 12.2. The van der Waals surface area contributed by atoms with Crippen LogP contribution >= 0.6 is 11.8 Å². The number of aryl methyl sites for hydroxylation is 2. The second kappa shape index (κ2) is 6.95. The molecular formula is C19H19F3N2OS. The first-order valence-corrected chi connectivity index (χ1v) is 9.19. The number of amides is 1. The third-order valence-electron chi connectivity index (χ3n) is 4.37. The van der Waals surface area contributed by atoms with Gasteiger partial charge in [0.15, 0.2) is 0 Å². The van der Waals surface area contributed by atoms with Crippen LogP contribution in [0.25, 0.3) is 0 Å². The quantitative estimate of drug-likeness (QED) is 0.678. The number of alkyl halides is 3. The number of hydrogen-bond acceptors (Lipinski definition) is 3. The van der Waals surface area contributed by atoms with Crippen LogP contribution in [-0.4, -0.2) is 22.7 Å². The number of carbonyl (C=O) groups is 1. The molecule has 138 valence electrons. The second-order valence-corrected chi connectivity index (χ2v) is 7.92. The van der Waals surface area contributed by atoms with Gasteiger partial charge < -0.3 is 4.90 Å². The standard InChI is InChI=1S/C19H19F3N2OS/c1-11-4-6-15(13(3)23-11)18(25)24-9-8-12(2)26-17-7-5-14(10-16(17)24)19(20,21)22/h4-7,10,12H,8-9H2,1-3H3. The van der Waals surface area contributed by atoms with E-state index in [1.54, 1.807) is 19.1 Å². The van der Waals surface area contributed by atoms with Gasteiger partial charge in [0.05, 0.1) is 22.5 Å². The van der Waals surface area contributed by atoms with E-state index in [4.69, 9.17) is 0 Å². The van der Waals surface area contributed by atoms with Crippen LogP contribution in [0.4, 0.5) is 18.9 Å². The van der Waals surface area contributed by atoms with Crippen molar-refractivity contribution in [2.24, 2.45) is 0 Å². The Balaban J connectivity index is 2.09. The molecule has 0 bridgehead atoms. The van der Waals surface area contributed by atoms with Crippen LogP contribution in [0.2, 0.25) is 0 Å². The van der Waals surface area contributed by atoms with Crippen molar-refractivity contribution in [1.82, 2.24) is 4.98 Å². The number of thioether (sulfide) groups is 1. The van der Waals surface area contributed by atoms with Gasteiger partial charge in [0.2, 0.25) is 0 Å². The molecule has 1 aliphatic heterocycles. The third kappa shape index (κ3) is 3.72. The van der Waals surface area contributed by atoms with E-state index in [0.717, 1.165) is 17.8 Å². The number of halogens is 3. The third-order valence-corrected chi connectivity index (χ3v) is 5.60. The Morgan fingerprint density at radius 2 is 1.96 bits per heavy atom. The fraction of sp³-hybridized carbons (Fsp3) is 0.368. The summed E-state index contributed by atoms with van der Waals surface area (Å²) in [6.07, 6.45) is -3.75. The molecule has 0 fully saturated rings. The van der Waals surface area contributed by atoms with Gasteiger partial charge in [-0.3, -0.25) is 9.78 Å². The molecule has 2 aromatic rings. The minimum Gasteiger partial charge on any atom is -0.307 e. The summed E-state index contributed by atoms with van der Waals surface area (Å²) in [6.45, 7) is 5.95. The number of pyridine rings is 1. The topological polar surface area (TPSA) is 33.2 Å². The molecule has 0 aliphatic carbocycles. The van der Waals surface area contributed by atoms with Gasteiger partial charge in [-0.15, -0.1) is 11.8 Å². The van der Waals surface area contributed by atoms with Gasteiger partial charge in [-0.25, -0.2) is 0 Å². The van der Waals surface area contributed by atoms with E-state index in [9.17, 15) is 18.0 Å². The molecule has 2 heterocycles. The Hall–Kier alpha value is -2.02. The number of hydrogen-bond donors (Lipinski definition) is 0. The zero-order chi connectivity index (χ0) is 19.1. The molecule has 0 spiro atoms. The molecule has 3 rings (SSSR count). The van der Waals surface area contributed by atoms with Gasteiger partial charge in [-0.1, -0.05) is 6.92 Å². The Kier molecular flexibility index (Phi) is 5.01. The molecule has 1 aromatic heterocycles. The highest BCUT2D eigenvalue weighted by molar-refractivity contribution is 8.00. The minimum atomic E-state index is -4.45. The van der Waals surface area contributed by atoms with Gasteiger partial charge in [0.1, 0.15) is 0 Å². The molecule has 3 nitrogen and oxygen atoms in total. The maximum atomic E-state index is 13.2. The van der Waals surface area contributed by atoms with Gasteiger partial charge in [0.25, 0.3) is 5.91 Å². The summed E-state index contributed by atoms with van der Waals surface area (Å²) in [5.41, 5.74) is 1.35. The monoisotopic (exact) mass is 380 g/mol. The van der Waals surface area contributed by atoms with Crippen molar-refractivity contribution in [3.05, 3.63) is 52.8 Å². The fourth-order valence-corrected chi connectivity index (χ4v) is 4.07. The molecule has 26 heavy (non-hydrogen) atoms. The molecule has 1 atom stereocenters. The van der Waals surface area contributed by atoms with Crippen molar-refractivity contribution in [2.75, 3.05) is 11.4 Å². The maximum absolute atomic E-state index is 13.2. The molecule has 1 amide bonds. The number of anilines is 1. The lowest BCUT2D eigenvalue weighted by Gasteiger charge is -2.24. The fourth-order valence-electron chi connectivity index (χ4n) is 2.98. The zero-order valence-electron chi connectivity index (χ0n) is 14.7. The SMILES string of the molecule is Cc1ccc(C(=O)N2CCC(C)Sc3ccc(C(F)(F)F)cc32)c(C)n1. The Labute approximate surface area is 154 Å². The van der Waals surface area contributed by atoms with Crippen molar-refractivity contribution < 1.29 is 18.0 Å². The zero-order valence-corrected chi connectivity index (χ0v) is 15.5. The summed E-state index contributed by atoms with van der Waals surface area (Å²) in [6, 6.07) is 7.04. The summed E-state index contributed by atoms with van der Waals surface area (Å²) < 4.78 is 39.5. The second-order valence-electron chi connectivity index (χ2n) is 6.44. The predicted octanol–water partition coefficient (Wildman–Crippen LogP) is 5.25. The van der Waals surface area contributed by atoms with E-state index in [2.05, 4.69) is 4.98 Å². The summed E-state index contributed by atoms with van der Waals surface area (Å²) in [5, 5.41) is 0.209. The van der Waals surface area contributed by atoms with E-state index in [-0.39, 0.29) is 11.2 Å². The van der Waals surface area contributed by atoms with E-state index in [1.807, 2.05) is 13.8 Å². The van der Waals surface area contributed by atoms with E-state index < -0.39 is 11.7 Å². The lowest BCUT2D eigenvalue weighted by atomic mass is 10.1. The average molecular weight is 380 g/mol. The molecule has 0 saturated heterocycles. The van der Waals surface area contributed by atoms with Crippen molar-refractivity contribution >= 4 is 23.4 Å². The molecule has 7 heteroatoms. The van der Waals surface area contributed by atoms with Crippen molar-refractivity contribution in [3.63, 3.8) is 0 Å². The van der Waals surface area contributed by atoms with Crippen LogP contribution in [0, 0.1) is 13.8 Å². The van der Waals surface area contributed by atoms with Gasteiger partial charge in [-0.2, -0.15) is 13.2 Å². The van der Waals surface area contributed by atoms with E-state index >= 15 is 0 Å². The number of benzene rings is 1. The molecular weight excluding hydrogens is 361 g/mol. The Morgan fingerprint density at radius 3 is 2.62 bits per heavy atom. The van der Waals surface area contributed by atoms with Crippen LogP contribution < -0.4 is 4.90 Å². The summed E-state index contributed by atoms with van der Waals surface area (Å²) in [7, 11) is 0. The van der Waals surface area contributed by atoms with E-state index in [0.29, 0.717) is 34.8 Å². The number of rotatable bonds is 1. The summed E-state index contributed by atoms with van der Waals surface area (Å²) >= 11 is 1.50. The Bertz CT molecular complexity index is 851. The number of carbonyl (C=O) groups excluding carboxylic acids is 1. The minimum absolute atomic E-state index is 0.209. The van der Waals surface area contributed by atoms with E-state index in [1.165, 1.54) is 22.7 Å². The first-order valence-electron chi connectivity index (χ1n) is 8.31. The van der Waals surface area contributed by atoms with Crippen LogP contribution in [0.5, 0.6) is 0 Å². The number of fused-ring (bicyclic) bond motifs is 1. The highest BCUT2D eigenvalue weighted by Gasteiger charge is 2.34. The highest BCUT2D eigenvalue weighted by atomic mass is 32.2. The smallest absolute Gasteiger partial charge is 0.307 e. The van der Waals surface area contributed by atoms with Crippen LogP contribution in [0.15, 0.2) is 35.2 Å². The molecule has 0 N–H and O–H groups in total. The average Bonchev–Trinajstić information content (AvgIpc) is 2.71. The summed E-state index contributed by atoms with van der Waals surface area (Å²) in [4.78, 5) is 19.6. The number of aromatic nitrogens is 1. The first kappa shape index (κ1) is 18.8. The molecule has 1 aromatic carbocycles. The van der Waals surface area contributed by atoms with Crippen LogP contribution in [0.1, 0.15) is 40.7 Å². The van der Waals surface area contributed by atoms with Crippen molar-refractivity contribution in [3.8, 4) is 0 Å². The normalized spacial score (nSPS) is 17.6. The molecule has 1 aliphatic rings. The maximum Gasteiger partial charge on any atom is 0.416 e. The highest BCUT2D eigenvalue weighted by Crippen LogP contribution is 2.41. The van der Waals surface area contributed by atoms with Crippen molar-refractivity contribution in [1.29, 1.82) is 0 Å². The lowest BCUT2D eigenvalue weighted by molar-refractivity contribution is -0.137. The molecule has 0 saturated carbocycles. The summed E-state index contributed by atoms with van der Waals surface area (Å²) in [5.74, 6) is -0.315.